The largest absolute Gasteiger partial charge is 0.416 e. The van der Waals surface area contributed by atoms with Gasteiger partial charge in [0.1, 0.15) is 0 Å². The van der Waals surface area contributed by atoms with Gasteiger partial charge < -0.3 is 5.32 Å². The summed E-state index contributed by atoms with van der Waals surface area (Å²) in [6.07, 6.45) is -2.28. The molecule has 0 saturated carbocycles. The van der Waals surface area contributed by atoms with Crippen molar-refractivity contribution in [2.45, 2.75) is 19.0 Å². The molecule has 1 aliphatic rings. The number of rotatable bonds is 1. The normalized spacial score (nSPS) is 13.9. The second kappa shape index (κ2) is 5.98. The summed E-state index contributed by atoms with van der Waals surface area (Å²) in [5.41, 5.74) is 3.09. The van der Waals surface area contributed by atoms with Crippen molar-refractivity contribution in [1.82, 2.24) is 0 Å². The maximum absolute atomic E-state index is 12.7. The molecule has 1 N–H and O–H groups in total. The number of anilines is 1. The molecule has 1 heterocycles. The van der Waals surface area contributed by atoms with Crippen LogP contribution in [-0.4, -0.2) is 6.54 Å². The van der Waals surface area contributed by atoms with Crippen molar-refractivity contribution in [2.75, 3.05) is 11.9 Å². The monoisotopic (exact) mass is 313 g/mol. The van der Waals surface area contributed by atoms with Gasteiger partial charge in [-0.15, -0.1) is 12.4 Å². The standard InChI is InChI=1S/C16H14F3N.ClH/c17-16(18,19)14-5-1-3-11(10-14)12-6-7-15-13(9-12)4-2-8-20-15;/h1,3,5-7,9-10,20H,2,4,8H2;1H. The molecule has 1 aliphatic heterocycles. The Morgan fingerprint density at radius 2 is 1.71 bits per heavy atom. The average molecular weight is 314 g/mol. The summed E-state index contributed by atoms with van der Waals surface area (Å²) in [6, 6.07) is 11.3. The molecule has 0 spiro atoms. The van der Waals surface area contributed by atoms with Crippen LogP contribution < -0.4 is 5.32 Å². The Balaban J connectivity index is 0.00000161. The van der Waals surface area contributed by atoms with Crippen LogP contribution in [0.3, 0.4) is 0 Å². The molecule has 0 saturated heterocycles. The van der Waals surface area contributed by atoms with Crippen molar-refractivity contribution in [2.24, 2.45) is 0 Å². The van der Waals surface area contributed by atoms with Crippen molar-refractivity contribution in [3.63, 3.8) is 0 Å². The molecule has 0 atom stereocenters. The molecule has 0 amide bonds. The molecular formula is C16H15ClF3N. The Bertz CT molecular complexity index is 638. The first-order valence-electron chi connectivity index (χ1n) is 6.58. The van der Waals surface area contributed by atoms with Crippen LogP contribution in [0.15, 0.2) is 42.5 Å². The van der Waals surface area contributed by atoms with E-state index in [9.17, 15) is 13.2 Å². The van der Waals surface area contributed by atoms with Crippen molar-refractivity contribution in [1.29, 1.82) is 0 Å². The highest BCUT2D eigenvalue weighted by Gasteiger charge is 2.30. The zero-order chi connectivity index (χ0) is 14.2. The maximum Gasteiger partial charge on any atom is 0.416 e. The van der Waals surface area contributed by atoms with Crippen LogP contribution in [0.4, 0.5) is 18.9 Å². The predicted octanol–water partition coefficient (Wildman–Crippen LogP) is 5.15. The lowest BCUT2D eigenvalue weighted by Gasteiger charge is -2.19. The third-order valence-corrected chi connectivity index (χ3v) is 3.57. The summed E-state index contributed by atoms with van der Waals surface area (Å²) >= 11 is 0. The fraction of sp³-hybridized carbons (Fsp3) is 0.250. The van der Waals surface area contributed by atoms with Crippen LogP contribution in [0.5, 0.6) is 0 Å². The number of alkyl halides is 3. The van der Waals surface area contributed by atoms with E-state index in [2.05, 4.69) is 5.32 Å². The fourth-order valence-electron chi connectivity index (χ4n) is 2.53. The number of benzene rings is 2. The van der Waals surface area contributed by atoms with Gasteiger partial charge in [0.05, 0.1) is 5.56 Å². The van der Waals surface area contributed by atoms with E-state index in [1.807, 2.05) is 18.2 Å². The third kappa shape index (κ3) is 3.32. The molecule has 2 aromatic rings. The van der Waals surface area contributed by atoms with Gasteiger partial charge >= 0.3 is 6.18 Å². The van der Waals surface area contributed by atoms with Crippen LogP contribution in [0, 0.1) is 0 Å². The van der Waals surface area contributed by atoms with E-state index in [1.54, 1.807) is 6.07 Å². The third-order valence-electron chi connectivity index (χ3n) is 3.57. The number of hydrogen-bond donors (Lipinski definition) is 1. The molecule has 0 radical (unpaired) electrons. The van der Waals surface area contributed by atoms with E-state index in [0.717, 1.165) is 36.7 Å². The fourth-order valence-corrected chi connectivity index (χ4v) is 2.53. The molecule has 21 heavy (non-hydrogen) atoms. The van der Waals surface area contributed by atoms with Crippen LogP contribution in [0.2, 0.25) is 0 Å². The maximum atomic E-state index is 12.7. The molecule has 3 rings (SSSR count). The summed E-state index contributed by atoms with van der Waals surface area (Å²) < 4.78 is 38.2. The molecule has 112 valence electrons. The summed E-state index contributed by atoms with van der Waals surface area (Å²) in [5, 5.41) is 3.30. The van der Waals surface area contributed by atoms with Gasteiger partial charge in [0.25, 0.3) is 0 Å². The van der Waals surface area contributed by atoms with Crippen LogP contribution in [0.1, 0.15) is 17.5 Å². The van der Waals surface area contributed by atoms with Gasteiger partial charge in [0.15, 0.2) is 0 Å². The average Bonchev–Trinajstić information content (AvgIpc) is 2.46. The summed E-state index contributed by atoms with van der Waals surface area (Å²) in [6.45, 7) is 0.954. The first-order valence-corrected chi connectivity index (χ1v) is 6.58. The van der Waals surface area contributed by atoms with E-state index in [1.165, 1.54) is 17.7 Å². The summed E-state index contributed by atoms with van der Waals surface area (Å²) in [7, 11) is 0. The lowest BCUT2D eigenvalue weighted by atomic mass is 9.96. The van der Waals surface area contributed by atoms with E-state index in [-0.39, 0.29) is 12.4 Å². The molecular weight excluding hydrogens is 299 g/mol. The highest BCUT2D eigenvalue weighted by molar-refractivity contribution is 5.85. The van der Waals surface area contributed by atoms with E-state index in [0.29, 0.717) is 5.56 Å². The highest BCUT2D eigenvalue weighted by atomic mass is 35.5. The minimum Gasteiger partial charge on any atom is -0.385 e. The van der Waals surface area contributed by atoms with Crippen molar-refractivity contribution in [3.8, 4) is 11.1 Å². The minimum absolute atomic E-state index is 0. The topological polar surface area (TPSA) is 12.0 Å². The molecule has 0 fully saturated rings. The van der Waals surface area contributed by atoms with Crippen molar-refractivity contribution < 1.29 is 13.2 Å². The lowest BCUT2D eigenvalue weighted by Crippen LogP contribution is -2.11. The highest BCUT2D eigenvalue weighted by Crippen LogP contribution is 2.33. The molecule has 0 bridgehead atoms. The number of halogens is 4. The van der Waals surface area contributed by atoms with Gasteiger partial charge in [-0.25, -0.2) is 0 Å². The zero-order valence-electron chi connectivity index (χ0n) is 11.2. The Morgan fingerprint density at radius 3 is 2.48 bits per heavy atom. The lowest BCUT2D eigenvalue weighted by molar-refractivity contribution is -0.137. The zero-order valence-corrected chi connectivity index (χ0v) is 12.0. The van der Waals surface area contributed by atoms with E-state index >= 15 is 0 Å². The Morgan fingerprint density at radius 1 is 0.952 bits per heavy atom. The minimum atomic E-state index is -4.30. The van der Waals surface area contributed by atoms with Crippen LogP contribution >= 0.6 is 12.4 Å². The van der Waals surface area contributed by atoms with Crippen LogP contribution in [-0.2, 0) is 12.6 Å². The number of hydrogen-bond acceptors (Lipinski definition) is 1. The first kappa shape index (κ1) is 15.7. The predicted molar refractivity (Wildman–Crippen MR) is 80.9 cm³/mol. The van der Waals surface area contributed by atoms with Gasteiger partial charge in [-0.1, -0.05) is 18.2 Å². The van der Waals surface area contributed by atoms with Crippen molar-refractivity contribution >= 4 is 18.1 Å². The van der Waals surface area contributed by atoms with Gasteiger partial charge in [-0.05, 0) is 53.8 Å². The summed E-state index contributed by atoms with van der Waals surface area (Å²) in [5.74, 6) is 0. The first-order chi connectivity index (χ1) is 9.54. The van der Waals surface area contributed by atoms with E-state index in [4.69, 9.17) is 0 Å². The number of aryl methyl sites for hydroxylation is 1. The second-order valence-electron chi connectivity index (χ2n) is 4.98. The van der Waals surface area contributed by atoms with Gasteiger partial charge in [-0.3, -0.25) is 0 Å². The smallest absolute Gasteiger partial charge is 0.385 e. The molecule has 0 unspecified atom stereocenters. The van der Waals surface area contributed by atoms with Gasteiger partial charge in [0, 0.05) is 12.2 Å². The SMILES string of the molecule is Cl.FC(F)(F)c1cccc(-c2ccc3c(c2)CCCN3)c1. The Hall–Kier alpha value is -1.68. The van der Waals surface area contributed by atoms with Crippen LogP contribution in [0.25, 0.3) is 11.1 Å². The van der Waals surface area contributed by atoms with Crippen molar-refractivity contribution in [3.05, 3.63) is 53.6 Å². The molecule has 5 heteroatoms. The Kier molecular flexibility index (Phi) is 4.47. The Labute approximate surface area is 127 Å². The second-order valence-corrected chi connectivity index (χ2v) is 4.98. The van der Waals surface area contributed by atoms with Gasteiger partial charge in [0.2, 0.25) is 0 Å². The molecule has 1 nitrogen and oxygen atoms in total. The van der Waals surface area contributed by atoms with E-state index < -0.39 is 11.7 Å². The summed E-state index contributed by atoms with van der Waals surface area (Å²) in [4.78, 5) is 0. The quantitative estimate of drug-likeness (QED) is 0.767. The molecule has 0 aromatic heterocycles. The number of nitrogens with one attached hydrogen (secondary N) is 1. The van der Waals surface area contributed by atoms with Gasteiger partial charge in [-0.2, -0.15) is 13.2 Å². The molecule has 0 aliphatic carbocycles. The molecule has 2 aromatic carbocycles. The number of fused-ring (bicyclic) bond motifs is 1.